The van der Waals surface area contributed by atoms with E-state index in [-0.39, 0.29) is 12.3 Å². The van der Waals surface area contributed by atoms with E-state index < -0.39 is 0 Å². The first kappa shape index (κ1) is 20.0. The summed E-state index contributed by atoms with van der Waals surface area (Å²) in [5, 5.41) is 5.26. The topological polar surface area (TPSA) is 46.4 Å². The van der Waals surface area contributed by atoms with Crippen molar-refractivity contribution in [2.45, 2.75) is 27.2 Å². The molecule has 0 aliphatic carbocycles. The normalized spacial score (nSPS) is 11.2. The summed E-state index contributed by atoms with van der Waals surface area (Å²) >= 11 is 0. The summed E-state index contributed by atoms with van der Waals surface area (Å²) in [5.41, 5.74) is 8.02. The van der Waals surface area contributed by atoms with Gasteiger partial charge in [0.25, 0.3) is 0 Å². The maximum absolute atomic E-state index is 13.2. The van der Waals surface area contributed by atoms with Crippen LogP contribution in [0.5, 0.6) is 0 Å². The van der Waals surface area contributed by atoms with Crippen molar-refractivity contribution < 1.29 is 4.79 Å². The van der Waals surface area contributed by atoms with Crippen molar-refractivity contribution in [3.05, 3.63) is 101 Å². The number of hydrogen-bond acceptors (Lipinski definition) is 2. The summed E-state index contributed by atoms with van der Waals surface area (Å²) in [6.07, 6.45) is 2.22. The molecule has 0 radical (unpaired) electrons. The summed E-state index contributed by atoms with van der Waals surface area (Å²) in [6, 6.07) is 24.4. The molecule has 0 aliphatic heterocycles. The van der Waals surface area contributed by atoms with Crippen LogP contribution < -0.4 is 5.32 Å². The van der Waals surface area contributed by atoms with Gasteiger partial charge in [0.2, 0.25) is 5.91 Å². The SMILES string of the molecule is Cc1ccc(-c2nc3c(C)cccn3c2CC(=O)Nc2cccc3ccccc23)cc1C. The van der Waals surface area contributed by atoms with Crippen molar-refractivity contribution in [1.82, 2.24) is 9.38 Å². The van der Waals surface area contributed by atoms with Crippen LogP contribution in [-0.2, 0) is 11.2 Å². The molecule has 2 heterocycles. The average Bonchev–Trinajstić information content (AvgIpc) is 3.15. The minimum Gasteiger partial charge on any atom is -0.325 e. The highest BCUT2D eigenvalue weighted by atomic mass is 16.1. The Kier molecular flexibility index (Phi) is 4.98. The second-order valence-corrected chi connectivity index (χ2v) is 8.34. The minimum absolute atomic E-state index is 0.0604. The molecule has 2 aromatic heterocycles. The van der Waals surface area contributed by atoms with Crippen molar-refractivity contribution in [2.75, 3.05) is 5.32 Å². The Hall–Kier alpha value is -3.92. The number of amides is 1. The molecule has 1 amide bonds. The summed E-state index contributed by atoms with van der Waals surface area (Å²) < 4.78 is 2.04. The lowest BCUT2D eigenvalue weighted by Crippen LogP contribution is -2.16. The smallest absolute Gasteiger partial charge is 0.230 e. The highest BCUT2D eigenvalue weighted by Crippen LogP contribution is 2.29. The highest BCUT2D eigenvalue weighted by molar-refractivity contribution is 6.02. The van der Waals surface area contributed by atoms with Crippen LogP contribution in [0.1, 0.15) is 22.4 Å². The molecule has 3 aromatic carbocycles. The van der Waals surface area contributed by atoms with Gasteiger partial charge in [0.1, 0.15) is 5.65 Å². The molecule has 158 valence electrons. The van der Waals surface area contributed by atoms with Crippen LogP contribution in [-0.4, -0.2) is 15.3 Å². The second kappa shape index (κ2) is 7.97. The van der Waals surface area contributed by atoms with Crippen LogP contribution >= 0.6 is 0 Å². The van der Waals surface area contributed by atoms with E-state index in [0.717, 1.165) is 44.6 Å². The van der Waals surface area contributed by atoms with Gasteiger partial charge >= 0.3 is 0 Å². The van der Waals surface area contributed by atoms with Crippen LogP contribution in [0.4, 0.5) is 5.69 Å². The molecule has 0 saturated heterocycles. The number of carbonyl (C=O) groups excluding carboxylic acids is 1. The number of nitrogens with zero attached hydrogens (tertiary/aromatic N) is 2. The fourth-order valence-electron chi connectivity index (χ4n) is 4.22. The zero-order chi connectivity index (χ0) is 22.2. The molecular weight excluding hydrogens is 394 g/mol. The summed E-state index contributed by atoms with van der Waals surface area (Å²) in [6.45, 7) is 6.25. The zero-order valence-electron chi connectivity index (χ0n) is 18.5. The van der Waals surface area contributed by atoms with Crippen molar-refractivity contribution >= 4 is 28.0 Å². The van der Waals surface area contributed by atoms with Gasteiger partial charge in [0.15, 0.2) is 0 Å². The number of anilines is 1. The third-order valence-electron chi connectivity index (χ3n) is 6.12. The van der Waals surface area contributed by atoms with Gasteiger partial charge in [-0.05, 0) is 61.0 Å². The van der Waals surface area contributed by atoms with Gasteiger partial charge in [0, 0.05) is 22.8 Å². The summed E-state index contributed by atoms with van der Waals surface area (Å²) in [5.74, 6) is -0.0604. The molecule has 0 unspecified atom stereocenters. The Balaban J connectivity index is 1.56. The Labute approximate surface area is 187 Å². The van der Waals surface area contributed by atoms with E-state index in [1.165, 1.54) is 11.1 Å². The van der Waals surface area contributed by atoms with E-state index in [1.54, 1.807) is 0 Å². The van der Waals surface area contributed by atoms with E-state index in [2.05, 4.69) is 49.5 Å². The van der Waals surface area contributed by atoms with E-state index in [4.69, 9.17) is 4.98 Å². The predicted molar refractivity (Wildman–Crippen MR) is 131 cm³/mol. The third kappa shape index (κ3) is 3.54. The summed E-state index contributed by atoms with van der Waals surface area (Å²) in [7, 11) is 0. The Morgan fingerprint density at radius 2 is 1.69 bits per heavy atom. The van der Waals surface area contributed by atoms with Gasteiger partial charge in [-0.1, -0.05) is 54.6 Å². The number of aryl methyl sites for hydroxylation is 3. The summed E-state index contributed by atoms with van der Waals surface area (Å²) in [4.78, 5) is 18.2. The lowest BCUT2D eigenvalue weighted by atomic mass is 10.0. The Morgan fingerprint density at radius 1 is 0.875 bits per heavy atom. The minimum atomic E-state index is -0.0604. The molecule has 32 heavy (non-hydrogen) atoms. The molecule has 0 spiro atoms. The first-order valence-corrected chi connectivity index (χ1v) is 10.8. The van der Waals surface area contributed by atoms with Crippen molar-refractivity contribution in [3.8, 4) is 11.3 Å². The number of fused-ring (bicyclic) bond motifs is 2. The lowest BCUT2D eigenvalue weighted by molar-refractivity contribution is -0.115. The maximum Gasteiger partial charge on any atom is 0.230 e. The van der Waals surface area contributed by atoms with Crippen molar-refractivity contribution in [2.24, 2.45) is 0 Å². The number of benzene rings is 3. The standard InChI is InChI=1S/C28H25N3O/c1-18-13-14-22(16-20(18)3)27-25(31-15-7-8-19(2)28(31)30-27)17-26(32)29-24-12-6-10-21-9-4-5-11-23(21)24/h4-16H,17H2,1-3H3,(H,29,32). The van der Waals surface area contributed by atoms with Crippen LogP contribution in [0.2, 0.25) is 0 Å². The molecule has 1 N–H and O–H groups in total. The molecule has 0 atom stereocenters. The highest BCUT2D eigenvalue weighted by Gasteiger charge is 2.19. The molecule has 4 heteroatoms. The second-order valence-electron chi connectivity index (χ2n) is 8.34. The monoisotopic (exact) mass is 419 g/mol. The van der Waals surface area contributed by atoms with Gasteiger partial charge < -0.3 is 9.72 Å². The average molecular weight is 420 g/mol. The van der Waals surface area contributed by atoms with E-state index in [9.17, 15) is 4.79 Å². The quantitative estimate of drug-likeness (QED) is 0.374. The lowest BCUT2D eigenvalue weighted by Gasteiger charge is -2.10. The number of hydrogen-bond donors (Lipinski definition) is 1. The Bertz CT molecular complexity index is 1470. The van der Waals surface area contributed by atoms with Gasteiger partial charge in [-0.3, -0.25) is 4.79 Å². The number of nitrogens with one attached hydrogen (secondary N) is 1. The van der Waals surface area contributed by atoms with Crippen molar-refractivity contribution in [3.63, 3.8) is 0 Å². The number of aromatic nitrogens is 2. The molecule has 4 nitrogen and oxygen atoms in total. The molecular formula is C28H25N3O. The largest absolute Gasteiger partial charge is 0.325 e. The predicted octanol–water partition coefficient (Wildman–Crippen LogP) is 6.26. The van der Waals surface area contributed by atoms with Crippen molar-refractivity contribution in [1.29, 1.82) is 0 Å². The fourth-order valence-corrected chi connectivity index (χ4v) is 4.22. The van der Waals surface area contributed by atoms with E-state index in [1.807, 2.05) is 60.0 Å². The van der Waals surface area contributed by atoms with Crippen LogP contribution in [0.15, 0.2) is 79.0 Å². The van der Waals surface area contributed by atoms with Gasteiger partial charge in [-0.25, -0.2) is 4.98 Å². The molecule has 0 saturated carbocycles. The van der Waals surface area contributed by atoms with E-state index in [0.29, 0.717) is 0 Å². The fraction of sp³-hybridized carbons (Fsp3) is 0.143. The number of pyridine rings is 1. The first-order chi connectivity index (χ1) is 15.5. The Morgan fingerprint density at radius 3 is 2.53 bits per heavy atom. The van der Waals surface area contributed by atoms with Gasteiger partial charge in [-0.15, -0.1) is 0 Å². The molecule has 0 fully saturated rings. The van der Waals surface area contributed by atoms with Crippen LogP contribution in [0, 0.1) is 20.8 Å². The van der Waals surface area contributed by atoms with E-state index >= 15 is 0 Å². The van der Waals surface area contributed by atoms with Crippen LogP contribution in [0.3, 0.4) is 0 Å². The third-order valence-corrected chi connectivity index (χ3v) is 6.12. The van der Waals surface area contributed by atoms with Crippen LogP contribution in [0.25, 0.3) is 27.7 Å². The zero-order valence-corrected chi connectivity index (χ0v) is 18.5. The number of carbonyl (C=O) groups is 1. The van der Waals surface area contributed by atoms with Gasteiger partial charge in [-0.2, -0.15) is 0 Å². The number of rotatable bonds is 4. The molecule has 0 bridgehead atoms. The molecule has 0 aliphatic rings. The number of imidazole rings is 1. The first-order valence-electron chi connectivity index (χ1n) is 10.8. The van der Waals surface area contributed by atoms with Gasteiger partial charge in [0.05, 0.1) is 17.8 Å². The maximum atomic E-state index is 13.2. The molecule has 5 rings (SSSR count). The molecule has 5 aromatic rings.